The van der Waals surface area contributed by atoms with Crippen molar-refractivity contribution in [2.24, 2.45) is 0 Å². The lowest BCUT2D eigenvalue weighted by Gasteiger charge is -2.28. The Morgan fingerprint density at radius 2 is 1.94 bits per heavy atom. The van der Waals surface area contributed by atoms with Gasteiger partial charge in [0.15, 0.2) is 0 Å². The summed E-state index contributed by atoms with van der Waals surface area (Å²) in [7, 11) is -3.70. The second-order valence-corrected chi connectivity index (χ2v) is 8.15. The van der Waals surface area contributed by atoms with Crippen molar-refractivity contribution in [1.29, 1.82) is 0 Å². The van der Waals surface area contributed by atoms with Crippen LogP contribution < -0.4 is 4.72 Å². The van der Waals surface area contributed by atoms with Crippen LogP contribution in [0.25, 0.3) is 0 Å². The zero-order valence-corrected chi connectivity index (χ0v) is 14.1. The molecule has 0 saturated carbocycles. The van der Waals surface area contributed by atoms with E-state index in [-0.39, 0.29) is 15.3 Å². The summed E-state index contributed by atoms with van der Waals surface area (Å²) in [6, 6.07) is 4.61. The molecule has 1 N–H and O–H groups in total. The fourth-order valence-electron chi connectivity index (χ4n) is 1.18. The van der Waals surface area contributed by atoms with Crippen molar-refractivity contribution in [3.05, 3.63) is 27.7 Å². The Bertz CT molecular complexity index is 544. The Morgan fingerprint density at radius 3 is 2.39 bits per heavy atom. The van der Waals surface area contributed by atoms with E-state index in [2.05, 4.69) is 20.7 Å². The maximum absolute atomic E-state index is 12.2. The Labute approximate surface area is 126 Å². The molecule has 0 bridgehead atoms. The predicted molar refractivity (Wildman–Crippen MR) is 78.9 cm³/mol. The molecule has 1 aromatic carbocycles. The van der Waals surface area contributed by atoms with Gasteiger partial charge >= 0.3 is 0 Å². The number of nitrogens with one attached hydrogen (secondary N) is 1. The third kappa shape index (κ3) is 3.84. The number of benzene rings is 1. The average Bonchev–Trinajstić information content (AvgIpc) is 2.14. The van der Waals surface area contributed by atoms with Crippen LogP contribution in [0.15, 0.2) is 27.6 Å². The molecule has 7 heteroatoms. The largest absolute Gasteiger partial charge is 0.242 e. The highest BCUT2D eigenvalue weighted by Crippen LogP contribution is 2.27. The first kappa shape index (κ1) is 16.2. The van der Waals surface area contributed by atoms with E-state index in [1.165, 1.54) is 12.1 Å². The monoisotopic (exact) mass is 373 g/mol. The van der Waals surface area contributed by atoms with E-state index in [4.69, 9.17) is 23.2 Å². The molecular formula is C11H14BrCl2NO2S. The molecule has 0 heterocycles. The van der Waals surface area contributed by atoms with Crippen LogP contribution in [0.4, 0.5) is 0 Å². The topological polar surface area (TPSA) is 46.2 Å². The van der Waals surface area contributed by atoms with Gasteiger partial charge in [0, 0.05) is 15.4 Å². The van der Waals surface area contributed by atoms with E-state index in [1.54, 1.807) is 26.8 Å². The van der Waals surface area contributed by atoms with Gasteiger partial charge in [0.25, 0.3) is 0 Å². The van der Waals surface area contributed by atoms with Gasteiger partial charge in [0.2, 0.25) is 10.0 Å². The smallest absolute Gasteiger partial charge is 0.207 e. The van der Waals surface area contributed by atoms with Crippen LogP contribution >= 0.6 is 39.1 Å². The van der Waals surface area contributed by atoms with Crippen LogP contribution in [0.2, 0.25) is 5.02 Å². The first-order valence-corrected chi connectivity index (χ1v) is 8.28. The van der Waals surface area contributed by atoms with Gasteiger partial charge in [-0.05, 0) is 39.0 Å². The first-order valence-electron chi connectivity index (χ1n) is 5.19. The Balaban J connectivity index is 3.15. The Kier molecular flexibility index (Phi) is 5.12. The molecular weight excluding hydrogens is 361 g/mol. The maximum Gasteiger partial charge on any atom is 0.242 e. The molecule has 1 unspecified atom stereocenters. The molecule has 0 saturated heterocycles. The van der Waals surface area contributed by atoms with Gasteiger partial charge in [0.1, 0.15) is 4.90 Å². The summed E-state index contributed by atoms with van der Waals surface area (Å²) in [5.41, 5.74) is -0.767. The standard InChI is InChI=1S/C11H14BrCl2NO2S/c1-7(13)11(2,3)15-18(16,17)10-5-4-8(12)6-9(10)14/h4-7,15H,1-3H3. The Morgan fingerprint density at radius 1 is 1.39 bits per heavy atom. The van der Waals surface area contributed by atoms with Gasteiger partial charge < -0.3 is 0 Å². The van der Waals surface area contributed by atoms with E-state index >= 15 is 0 Å². The van der Waals surface area contributed by atoms with Gasteiger partial charge in [-0.25, -0.2) is 13.1 Å². The number of rotatable bonds is 4. The third-order valence-electron chi connectivity index (χ3n) is 2.58. The minimum Gasteiger partial charge on any atom is -0.207 e. The zero-order chi connectivity index (χ0) is 14.1. The highest BCUT2D eigenvalue weighted by atomic mass is 79.9. The molecule has 0 radical (unpaired) electrons. The molecule has 0 spiro atoms. The van der Waals surface area contributed by atoms with Gasteiger partial charge in [-0.2, -0.15) is 0 Å². The molecule has 1 atom stereocenters. The fraction of sp³-hybridized carbons (Fsp3) is 0.455. The van der Waals surface area contributed by atoms with Gasteiger partial charge in [0.05, 0.1) is 5.02 Å². The molecule has 1 aromatic rings. The molecule has 1 rings (SSSR count). The normalized spacial score (nSPS) is 14.6. The lowest BCUT2D eigenvalue weighted by molar-refractivity contribution is 0.445. The molecule has 0 aliphatic rings. The van der Waals surface area contributed by atoms with Crippen molar-refractivity contribution >= 4 is 49.2 Å². The van der Waals surface area contributed by atoms with E-state index in [9.17, 15) is 8.42 Å². The number of halogens is 3. The van der Waals surface area contributed by atoms with Crippen LogP contribution in [-0.2, 0) is 10.0 Å². The molecule has 102 valence electrons. The Hall–Kier alpha value is 0.190. The molecule has 0 aliphatic carbocycles. The van der Waals surface area contributed by atoms with Crippen LogP contribution in [0.5, 0.6) is 0 Å². The highest BCUT2D eigenvalue weighted by molar-refractivity contribution is 9.10. The van der Waals surface area contributed by atoms with Crippen LogP contribution in [-0.4, -0.2) is 19.3 Å². The van der Waals surface area contributed by atoms with Crippen molar-refractivity contribution in [3.8, 4) is 0 Å². The summed E-state index contributed by atoms with van der Waals surface area (Å²) in [5.74, 6) is 0. The van der Waals surface area contributed by atoms with Crippen molar-refractivity contribution in [1.82, 2.24) is 4.72 Å². The summed E-state index contributed by atoms with van der Waals surface area (Å²) < 4.78 is 27.7. The molecule has 0 aromatic heterocycles. The summed E-state index contributed by atoms with van der Waals surface area (Å²) in [6.07, 6.45) is 0. The maximum atomic E-state index is 12.2. The van der Waals surface area contributed by atoms with Crippen LogP contribution in [0, 0.1) is 0 Å². The molecule has 0 fully saturated rings. The zero-order valence-electron chi connectivity index (χ0n) is 10.2. The van der Waals surface area contributed by atoms with Crippen molar-refractivity contribution in [3.63, 3.8) is 0 Å². The summed E-state index contributed by atoms with van der Waals surface area (Å²) in [5, 5.41) is -0.198. The van der Waals surface area contributed by atoms with E-state index in [0.717, 1.165) is 4.47 Å². The van der Waals surface area contributed by atoms with E-state index in [1.807, 2.05) is 0 Å². The minimum atomic E-state index is -3.70. The number of hydrogen-bond donors (Lipinski definition) is 1. The molecule has 0 amide bonds. The number of sulfonamides is 1. The first-order chi connectivity index (χ1) is 8.06. The van der Waals surface area contributed by atoms with Crippen molar-refractivity contribution in [2.45, 2.75) is 36.6 Å². The minimum absolute atomic E-state index is 0.0396. The number of hydrogen-bond acceptors (Lipinski definition) is 2. The second kappa shape index (κ2) is 5.67. The summed E-state index contributed by atoms with van der Waals surface area (Å²) in [6.45, 7) is 5.16. The lowest BCUT2D eigenvalue weighted by atomic mass is 10.0. The van der Waals surface area contributed by atoms with Crippen molar-refractivity contribution in [2.75, 3.05) is 0 Å². The van der Waals surface area contributed by atoms with Gasteiger partial charge in [-0.3, -0.25) is 0 Å². The molecule has 0 aliphatic heterocycles. The van der Waals surface area contributed by atoms with Gasteiger partial charge in [-0.15, -0.1) is 11.6 Å². The fourth-order valence-corrected chi connectivity index (χ4v) is 3.82. The summed E-state index contributed by atoms with van der Waals surface area (Å²) in [4.78, 5) is 0.0396. The third-order valence-corrected chi connectivity index (χ3v) is 5.77. The van der Waals surface area contributed by atoms with Gasteiger partial charge in [-0.1, -0.05) is 27.5 Å². The van der Waals surface area contributed by atoms with Crippen LogP contribution in [0.3, 0.4) is 0 Å². The van der Waals surface area contributed by atoms with E-state index < -0.39 is 15.6 Å². The highest BCUT2D eigenvalue weighted by Gasteiger charge is 2.31. The molecule has 3 nitrogen and oxygen atoms in total. The van der Waals surface area contributed by atoms with Crippen LogP contribution in [0.1, 0.15) is 20.8 Å². The average molecular weight is 375 g/mol. The second-order valence-electron chi connectivity index (χ2n) is 4.52. The van der Waals surface area contributed by atoms with E-state index in [0.29, 0.717) is 0 Å². The summed E-state index contributed by atoms with van der Waals surface area (Å²) >= 11 is 15.1. The lowest BCUT2D eigenvalue weighted by Crippen LogP contribution is -2.48. The quantitative estimate of drug-likeness (QED) is 0.815. The number of alkyl halides is 1. The SMILES string of the molecule is CC(Cl)C(C)(C)NS(=O)(=O)c1ccc(Br)cc1Cl. The van der Waals surface area contributed by atoms with Crippen molar-refractivity contribution < 1.29 is 8.42 Å². The predicted octanol–water partition coefficient (Wildman–Crippen LogP) is 3.79. The molecule has 18 heavy (non-hydrogen) atoms.